The molecule has 6 nitrogen and oxygen atoms in total. The molecule has 0 N–H and O–H groups in total. The highest BCUT2D eigenvalue weighted by molar-refractivity contribution is 7.90. The molecule has 0 spiro atoms. The topological polar surface area (TPSA) is 62.2 Å². The molecule has 2 aliphatic rings. The predicted octanol–water partition coefficient (Wildman–Crippen LogP) is 4.63. The quantitative estimate of drug-likeness (QED) is 0.677. The summed E-state index contributed by atoms with van der Waals surface area (Å²) in [5, 5.41) is 0.891. The number of nitrogens with zero attached hydrogens (tertiary/aromatic N) is 3. The van der Waals surface area contributed by atoms with Crippen LogP contribution in [0.1, 0.15) is 13.8 Å². The molecule has 29 heavy (non-hydrogen) atoms. The highest BCUT2D eigenvalue weighted by Gasteiger charge is 2.39. The zero-order valence-corrected chi connectivity index (χ0v) is 18.4. The Morgan fingerprint density at radius 1 is 1.00 bits per heavy atom. The number of rotatable bonds is 3. The number of hydrogen-bond donors (Lipinski definition) is 0. The molecule has 4 rings (SSSR count). The highest BCUT2D eigenvalue weighted by atomic mass is 35.5. The van der Waals surface area contributed by atoms with Crippen LogP contribution in [0.15, 0.2) is 46.9 Å². The van der Waals surface area contributed by atoms with E-state index in [0.29, 0.717) is 40.6 Å². The fraction of sp³-hybridized carbons (Fsp3) is 0.350. The van der Waals surface area contributed by atoms with Gasteiger partial charge in [0.25, 0.3) is 10.0 Å². The van der Waals surface area contributed by atoms with E-state index in [1.807, 2.05) is 34.1 Å². The Hall–Kier alpha value is -1.96. The van der Waals surface area contributed by atoms with E-state index in [1.165, 1.54) is 0 Å². The lowest BCUT2D eigenvalue weighted by atomic mass is 9.89. The third-order valence-electron chi connectivity index (χ3n) is 4.84. The average Bonchev–Trinajstić information content (AvgIpc) is 2.64. The molecule has 2 aromatic rings. The van der Waals surface area contributed by atoms with Crippen LogP contribution in [0.5, 0.6) is 11.5 Å². The van der Waals surface area contributed by atoms with Crippen LogP contribution < -0.4 is 9.64 Å². The summed E-state index contributed by atoms with van der Waals surface area (Å²) in [7, 11) is -3.43. The summed E-state index contributed by atoms with van der Waals surface area (Å²) in [6.07, 6.45) is 0. The van der Waals surface area contributed by atoms with Gasteiger partial charge in [-0.2, -0.15) is 0 Å². The lowest BCUT2D eigenvalue weighted by Gasteiger charge is -2.47. The maximum absolute atomic E-state index is 12.1. The van der Waals surface area contributed by atoms with Gasteiger partial charge in [-0.1, -0.05) is 37.0 Å². The number of sulfonamides is 1. The minimum Gasteiger partial charge on any atom is -0.457 e. The van der Waals surface area contributed by atoms with Crippen molar-refractivity contribution in [1.29, 1.82) is 0 Å². The fourth-order valence-corrected chi connectivity index (χ4v) is 4.86. The molecule has 1 fully saturated rings. The molecule has 0 bridgehead atoms. The fourth-order valence-electron chi connectivity index (χ4n) is 3.57. The number of ether oxygens (including phenoxy) is 1. The molecule has 2 heterocycles. The minimum atomic E-state index is -3.43. The Morgan fingerprint density at radius 3 is 2.38 bits per heavy atom. The summed E-state index contributed by atoms with van der Waals surface area (Å²) in [5.74, 6) is 1.77. The highest BCUT2D eigenvalue weighted by Crippen LogP contribution is 2.34. The predicted molar refractivity (Wildman–Crippen MR) is 117 cm³/mol. The monoisotopic (exact) mass is 453 g/mol. The first-order chi connectivity index (χ1) is 13.6. The maximum Gasteiger partial charge on any atom is 0.258 e. The summed E-state index contributed by atoms with van der Waals surface area (Å²) < 4.78 is 34.0. The van der Waals surface area contributed by atoms with Gasteiger partial charge in [0.15, 0.2) is 0 Å². The van der Waals surface area contributed by atoms with Crippen molar-refractivity contribution in [1.82, 2.24) is 4.90 Å². The number of fused-ring (bicyclic) bond motifs is 1. The van der Waals surface area contributed by atoms with Crippen LogP contribution in [0.3, 0.4) is 0 Å². The first-order valence-corrected chi connectivity index (χ1v) is 11.6. The van der Waals surface area contributed by atoms with Gasteiger partial charge in [-0.3, -0.25) is 0 Å². The molecule has 0 saturated carbocycles. The zero-order valence-electron chi connectivity index (χ0n) is 16.1. The van der Waals surface area contributed by atoms with Gasteiger partial charge in [0.05, 0.1) is 15.8 Å². The lowest BCUT2D eigenvalue weighted by Crippen LogP contribution is -2.60. The summed E-state index contributed by atoms with van der Waals surface area (Å²) in [5.41, 5.74) is 0.857. The van der Waals surface area contributed by atoms with Gasteiger partial charge in [0, 0.05) is 36.8 Å². The molecular weight excluding hydrogens is 433 g/mol. The maximum atomic E-state index is 12.1. The smallest absolute Gasteiger partial charge is 0.258 e. The Morgan fingerprint density at radius 2 is 1.69 bits per heavy atom. The molecule has 9 heteroatoms. The van der Waals surface area contributed by atoms with Gasteiger partial charge in [0.1, 0.15) is 11.5 Å². The van der Waals surface area contributed by atoms with E-state index in [2.05, 4.69) is 18.2 Å². The van der Waals surface area contributed by atoms with Gasteiger partial charge >= 0.3 is 0 Å². The van der Waals surface area contributed by atoms with Crippen LogP contribution in [0, 0.1) is 5.41 Å². The molecule has 154 valence electrons. The molecule has 0 radical (unpaired) electrons. The number of benzene rings is 2. The molecular formula is C20H21Cl2N3O3S. The van der Waals surface area contributed by atoms with Gasteiger partial charge in [-0.15, -0.1) is 4.40 Å². The van der Waals surface area contributed by atoms with E-state index >= 15 is 0 Å². The number of guanidine groups is 1. The molecule has 2 aromatic carbocycles. The number of halogens is 2. The van der Waals surface area contributed by atoms with Gasteiger partial charge in [-0.05, 0) is 36.4 Å². The van der Waals surface area contributed by atoms with Crippen molar-refractivity contribution in [3.8, 4) is 11.5 Å². The van der Waals surface area contributed by atoms with E-state index in [4.69, 9.17) is 27.9 Å². The zero-order chi connectivity index (χ0) is 20.8. The Balaban J connectivity index is 1.61. The SMILES string of the molecule is CC1(C)CN2CCS(=O)(=O)N=C2N(c2ccc(Oc3ccc(Cl)c(Cl)c3)cc2)C1. The third-order valence-corrected chi connectivity index (χ3v) is 6.72. The normalized spacial score (nSPS) is 20.1. The summed E-state index contributed by atoms with van der Waals surface area (Å²) >= 11 is 12.0. The van der Waals surface area contributed by atoms with Crippen molar-refractivity contribution < 1.29 is 13.2 Å². The number of anilines is 1. The van der Waals surface area contributed by atoms with Crippen molar-refractivity contribution in [2.45, 2.75) is 13.8 Å². The van der Waals surface area contributed by atoms with Crippen LogP contribution in [0.4, 0.5) is 5.69 Å². The minimum absolute atomic E-state index is 0.00461. The Kier molecular flexibility index (Phi) is 5.17. The van der Waals surface area contributed by atoms with E-state index in [9.17, 15) is 8.42 Å². The second-order valence-electron chi connectivity index (χ2n) is 8.02. The van der Waals surface area contributed by atoms with Crippen LogP contribution >= 0.6 is 23.2 Å². The van der Waals surface area contributed by atoms with Crippen LogP contribution in [0.25, 0.3) is 0 Å². The van der Waals surface area contributed by atoms with Crippen molar-refractivity contribution >= 4 is 44.9 Å². The molecule has 0 aromatic heterocycles. The van der Waals surface area contributed by atoms with Crippen LogP contribution in [0.2, 0.25) is 10.0 Å². The molecule has 2 aliphatic heterocycles. The lowest BCUT2D eigenvalue weighted by molar-refractivity contribution is 0.235. The third kappa shape index (κ3) is 4.47. The summed E-state index contributed by atoms with van der Waals surface area (Å²) in [6.45, 7) is 6.24. The first-order valence-electron chi connectivity index (χ1n) is 9.20. The van der Waals surface area contributed by atoms with Gasteiger partial charge in [0.2, 0.25) is 5.96 Å². The Bertz CT molecular complexity index is 1070. The van der Waals surface area contributed by atoms with Crippen LogP contribution in [-0.4, -0.2) is 44.7 Å². The van der Waals surface area contributed by atoms with Crippen molar-refractivity contribution in [3.05, 3.63) is 52.5 Å². The van der Waals surface area contributed by atoms with E-state index < -0.39 is 10.0 Å². The van der Waals surface area contributed by atoms with Crippen LogP contribution in [-0.2, 0) is 10.0 Å². The summed E-state index contributed by atoms with van der Waals surface area (Å²) in [6, 6.07) is 12.6. The Labute approximate surface area is 180 Å². The molecule has 1 saturated heterocycles. The second kappa shape index (κ2) is 7.38. The standard InChI is InChI=1S/C20H21Cl2N3O3S/c1-20(2)12-24-9-10-29(26,27)23-19(24)25(13-20)14-3-5-15(6-4-14)28-16-7-8-17(21)18(22)11-16/h3-8,11H,9-10,12-13H2,1-2H3. The van der Waals surface area contributed by atoms with Gasteiger partial charge in [-0.25, -0.2) is 8.42 Å². The molecule has 0 amide bonds. The number of hydrogen-bond acceptors (Lipinski definition) is 5. The molecule has 0 aliphatic carbocycles. The van der Waals surface area contributed by atoms with E-state index in [0.717, 1.165) is 12.2 Å². The van der Waals surface area contributed by atoms with Crippen molar-refractivity contribution in [2.24, 2.45) is 9.81 Å². The van der Waals surface area contributed by atoms with E-state index in [1.54, 1.807) is 18.2 Å². The van der Waals surface area contributed by atoms with Crippen molar-refractivity contribution in [2.75, 3.05) is 30.3 Å². The second-order valence-corrected chi connectivity index (χ2v) is 10.6. The largest absolute Gasteiger partial charge is 0.457 e. The molecule has 0 atom stereocenters. The average molecular weight is 454 g/mol. The molecule has 0 unspecified atom stereocenters. The first kappa shape index (κ1) is 20.3. The van der Waals surface area contributed by atoms with Gasteiger partial charge < -0.3 is 14.5 Å². The van der Waals surface area contributed by atoms with Crippen molar-refractivity contribution in [3.63, 3.8) is 0 Å². The summed E-state index contributed by atoms with van der Waals surface area (Å²) in [4.78, 5) is 4.01. The van der Waals surface area contributed by atoms with E-state index in [-0.39, 0.29) is 11.2 Å².